The molecule has 1 atom stereocenters. The third-order valence-electron chi connectivity index (χ3n) is 8.35. The van der Waals surface area contributed by atoms with E-state index in [0.29, 0.717) is 13.1 Å². The van der Waals surface area contributed by atoms with E-state index in [1.165, 1.54) is 12.0 Å². The average molecular weight is 505 g/mol. The summed E-state index contributed by atoms with van der Waals surface area (Å²) in [7, 11) is 0. The lowest BCUT2D eigenvalue weighted by Gasteiger charge is -2.38. The van der Waals surface area contributed by atoms with E-state index in [1.54, 1.807) is 0 Å². The largest absolute Gasteiger partial charge is 0.392 e. The molecule has 0 radical (unpaired) electrons. The van der Waals surface area contributed by atoms with Gasteiger partial charge in [0.2, 0.25) is 0 Å². The first-order valence-corrected chi connectivity index (χ1v) is 13.6. The maximum Gasteiger partial charge on any atom is 0.170 e. The van der Waals surface area contributed by atoms with Crippen molar-refractivity contribution in [2.24, 2.45) is 5.73 Å². The fraction of sp³-hybridized carbons (Fsp3) is 0.323. The number of nitrogens with zero attached hydrogens (tertiary/aromatic N) is 5. The zero-order chi connectivity index (χ0) is 25.7. The van der Waals surface area contributed by atoms with Gasteiger partial charge in [-0.3, -0.25) is 9.30 Å². The zero-order valence-corrected chi connectivity index (χ0v) is 21.4. The molecule has 2 fully saturated rings. The Hall–Kier alpha value is -3.65. The van der Waals surface area contributed by atoms with Crippen LogP contribution in [0.15, 0.2) is 72.9 Å². The summed E-state index contributed by atoms with van der Waals surface area (Å²) in [6.45, 7) is 2.30. The molecule has 7 nitrogen and oxygen atoms in total. The van der Waals surface area contributed by atoms with Crippen LogP contribution in [0.1, 0.15) is 43.5 Å². The molecule has 0 bridgehead atoms. The molecule has 3 aromatic heterocycles. The Morgan fingerprint density at radius 3 is 2.50 bits per heavy atom. The zero-order valence-electron chi connectivity index (χ0n) is 21.4. The minimum atomic E-state index is -0.266. The highest BCUT2D eigenvalue weighted by Gasteiger charge is 2.34. The molecule has 1 saturated carbocycles. The van der Waals surface area contributed by atoms with Gasteiger partial charge in [-0.25, -0.2) is 4.98 Å². The van der Waals surface area contributed by atoms with Crippen LogP contribution < -0.4 is 5.73 Å². The number of likely N-dealkylation sites (tertiary alicyclic amines) is 1. The number of hydrogen-bond acceptors (Lipinski definition) is 6. The Labute approximate surface area is 222 Å². The SMILES string of the molecule is NC1(c2ccc(-c3nc4ccn5c(CN6CCCC(O)C6)nnc5c4cc3-c3ccccc3)cc2)CCC1. The van der Waals surface area contributed by atoms with Crippen molar-refractivity contribution in [1.29, 1.82) is 0 Å². The van der Waals surface area contributed by atoms with E-state index in [0.717, 1.165) is 77.0 Å². The van der Waals surface area contributed by atoms with E-state index < -0.39 is 0 Å². The average Bonchev–Trinajstić information content (AvgIpc) is 3.34. The molecule has 3 N–H and O–H groups in total. The Bertz CT molecular complexity index is 1610. The molecule has 1 saturated heterocycles. The number of benzene rings is 2. The van der Waals surface area contributed by atoms with Gasteiger partial charge < -0.3 is 10.8 Å². The molecular weight excluding hydrogens is 472 g/mol. The number of aliphatic hydroxyl groups excluding tert-OH is 1. The summed E-state index contributed by atoms with van der Waals surface area (Å²) in [5.74, 6) is 0.878. The van der Waals surface area contributed by atoms with Crippen molar-refractivity contribution in [3.05, 3.63) is 84.3 Å². The van der Waals surface area contributed by atoms with Gasteiger partial charge >= 0.3 is 0 Å². The van der Waals surface area contributed by atoms with Gasteiger partial charge in [-0.05, 0) is 61.9 Å². The maximum atomic E-state index is 10.1. The second kappa shape index (κ2) is 9.27. The third-order valence-corrected chi connectivity index (χ3v) is 8.35. The predicted molar refractivity (Wildman–Crippen MR) is 149 cm³/mol. The Morgan fingerprint density at radius 1 is 0.947 bits per heavy atom. The number of β-amino-alcohol motifs (C(OH)–C–C–N with tert-alkyl or cyclic N) is 1. The number of fused-ring (bicyclic) bond motifs is 3. The standard InChI is InChI=1S/C31H32N6O/c32-31(14-5-15-31)23-11-9-22(10-12-23)29-25(21-6-2-1-3-7-21)18-26-27(33-29)13-17-37-28(34-35-30(26)37)20-36-16-4-8-24(38)19-36/h1-3,6-7,9-13,17-18,24,38H,4-5,8,14-16,19-20,32H2. The highest BCUT2D eigenvalue weighted by molar-refractivity contribution is 5.98. The second-order valence-electron chi connectivity index (χ2n) is 10.9. The van der Waals surface area contributed by atoms with Gasteiger partial charge in [-0.15, -0.1) is 10.2 Å². The van der Waals surface area contributed by atoms with Gasteiger partial charge in [0.15, 0.2) is 11.5 Å². The molecular formula is C31H32N6O. The predicted octanol–water partition coefficient (Wildman–Crippen LogP) is 4.91. The van der Waals surface area contributed by atoms with E-state index in [2.05, 4.69) is 80.2 Å². The van der Waals surface area contributed by atoms with Crippen LogP contribution in [0.3, 0.4) is 0 Å². The van der Waals surface area contributed by atoms with Gasteiger partial charge in [0.05, 0.1) is 23.9 Å². The summed E-state index contributed by atoms with van der Waals surface area (Å²) in [5, 5.41) is 20.2. The minimum Gasteiger partial charge on any atom is -0.392 e. The van der Waals surface area contributed by atoms with E-state index in [1.807, 2.05) is 12.3 Å². The van der Waals surface area contributed by atoms with Crippen LogP contribution in [0.2, 0.25) is 0 Å². The summed E-state index contributed by atoms with van der Waals surface area (Å²) < 4.78 is 2.06. The lowest BCUT2D eigenvalue weighted by molar-refractivity contribution is 0.0653. The second-order valence-corrected chi connectivity index (χ2v) is 10.9. The summed E-state index contributed by atoms with van der Waals surface area (Å²) >= 11 is 0. The molecule has 1 unspecified atom stereocenters. The monoisotopic (exact) mass is 504 g/mol. The molecule has 1 aliphatic heterocycles. The first-order chi connectivity index (χ1) is 18.6. The molecule has 4 heterocycles. The van der Waals surface area contributed by atoms with Crippen LogP contribution in [-0.4, -0.2) is 48.8 Å². The summed E-state index contributed by atoms with van der Waals surface area (Å²) in [6.07, 6.45) is 6.91. The van der Waals surface area contributed by atoms with Crippen LogP contribution in [0, 0.1) is 0 Å². The number of pyridine rings is 2. The van der Waals surface area contributed by atoms with Gasteiger partial charge in [0.1, 0.15) is 0 Å². The first-order valence-electron chi connectivity index (χ1n) is 13.6. The molecule has 2 aromatic carbocycles. The van der Waals surface area contributed by atoms with E-state index >= 15 is 0 Å². The molecule has 2 aliphatic rings. The maximum absolute atomic E-state index is 10.1. The van der Waals surface area contributed by atoms with Gasteiger partial charge in [-0.2, -0.15) is 0 Å². The van der Waals surface area contributed by atoms with Crippen molar-refractivity contribution >= 4 is 16.6 Å². The summed E-state index contributed by atoms with van der Waals surface area (Å²) in [5.41, 5.74) is 13.5. The number of aromatic nitrogens is 4. The van der Waals surface area contributed by atoms with Gasteiger partial charge in [-0.1, -0.05) is 54.6 Å². The van der Waals surface area contributed by atoms with E-state index in [-0.39, 0.29) is 11.6 Å². The quantitative estimate of drug-likeness (QED) is 0.354. The normalized spacial score (nSPS) is 19.6. The molecule has 0 amide bonds. The molecule has 192 valence electrons. The first kappa shape index (κ1) is 23.5. The van der Waals surface area contributed by atoms with Crippen molar-refractivity contribution in [3.63, 3.8) is 0 Å². The number of nitrogens with two attached hydrogens (primary N) is 1. The lowest BCUT2D eigenvalue weighted by atomic mass is 9.72. The van der Waals surface area contributed by atoms with Crippen molar-refractivity contribution in [3.8, 4) is 22.4 Å². The fourth-order valence-corrected chi connectivity index (χ4v) is 5.99. The van der Waals surface area contributed by atoms with Crippen LogP contribution in [-0.2, 0) is 12.1 Å². The highest BCUT2D eigenvalue weighted by atomic mass is 16.3. The smallest absolute Gasteiger partial charge is 0.170 e. The van der Waals surface area contributed by atoms with Crippen molar-refractivity contribution in [1.82, 2.24) is 24.5 Å². The molecule has 7 rings (SSSR count). The highest BCUT2D eigenvalue weighted by Crippen LogP contribution is 2.40. The van der Waals surface area contributed by atoms with Crippen LogP contribution in [0.25, 0.3) is 38.9 Å². The van der Waals surface area contributed by atoms with Crippen molar-refractivity contribution < 1.29 is 5.11 Å². The molecule has 38 heavy (non-hydrogen) atoms. The van der Waals surface area contributed by atoms with Crippen LogP contribution in [0.4, 0.5) is 0 Å². The molecule has 5 aromatic rings. The van der Waals surface area contributed by atoms with Gasteiger partial charge in [0, 0.05) is 34.8 Å². The topological polar surface area (TPSA) is 92.6 Å². The van der Waals surface area contributed by atoms with Gasteiger partial charge in [0.25, 0.3) is 0 Å². The molecule has 7 heteroatoms. The fourth-order valence-electron chi connectivity index (χ4n) is 5.99. The van der Waals surface area contributed by atoms with Crippen LogP contribution in [0.5, 0.6) is 0 Å². The van der Waals surface area contributed by atoms with Crippen molar-refractivity contribution in [2.75, 3.05) is 13.1 Å². The van der Waals surface area contributed by atoms with E-state index in [9.17, 15) is 5.11 Å². The Morgan fingerprint density at radius 2 is 1.76 bits per heavy atom. The Balaban J connectivity index is 1.33. The van der Waals surface area contributed by atoms with E-state index in [4.69, 9.17) is 10.7 Å². The number of aliphatic hydroxyl groups is 1. The Kier molecular flexibility index (Phi) is 5.73. The number of piperidine rings is 1. The molecule has 0 spiro atoms. The number of rotatable bonds is 5. The summed E-state index contributed by atoms with van der Waals surface area (Å²) in [6, 6.07) is 23.3. The van der Waals surface area contributed by atoms with Crippen LogP contribution >= 0.6 is 0 Å². The molecule has 1 aliphatic carbocycles. The summed E-state index contributed by atoms with van der Waals surface area (Å²) in [4.78, 5) is 7.43. The number of hydrogen-bond donors (Lipinski definition) is 2. The van der Waals surface area contributed by atoms with Crippen molar-refractivity contribution in [2.45, 2.75) is 50.3 Å². The minimum absolute atomic E-state index is 0.180. The third kappa shape index (κ3) is 4.07. The lowest BCUT2D eigenvalue weighted by Crippen LogP contribution is -2.43.